The fourth-order valence-electron chi connectivity index (χ4n) is 3.83. The molecule has 2 N–H and O–H groups in total. The van der Waals surface area contributed by atoms with E-state index in [0.29, 0.717) is 0 Å². The van der Waals surface area contributed by atoms with E-state index in [1.807, 2.05) is 12.1 Å². The molecule has 104 valence electrons. The molecule has 3 heteroatoms. The van der Waals surface area contributed by atoms with Crippen LogP contribution in [0.25, 0.3) is 0 Å². The number of nitrogens with zero attached hydrogens (tertiary/aromatic N) is 1. The molecule has 1 aliphatic heterocycles. The predicted octanol–water partition coefficient (Wildman–Crippen LogP) is 4.08. The van der Waals surface area contributed by atoms with Crippen LogP contribution >= 0.6 is 11.6 Å². The number of fused-ring (bicyclic) bond motifs is 1. The van der Waals surface area contributed by atoms with Gasteiger partial charge in [0.15, 0.2) is 0 Å². The molecule has 0 spiro atoms. The molecule has 1 saturated carbocycles. The van der Waals surface area contributed by atoms with Crippen molar-refractivity contribution in [3.8, 4) is 0 Å². The minimum absolute atomic E-state index is 0.753. The Morgan fingerprint density at radius 3 is 2.79 bits per heavy atom. The van der Waals surface area contributed by atoms with Crippen molar-refractivity contribution in [2.45, 2.75) is 51.1 Å². The molecular formula is C16H23ClN2. The summed E-state index contributed by atoms with van der Waals surface area (Å²) in [6.45, 7) is 2.21. The maximum Gasteiger partial charge on any atom is 0.0471 e. The average Bonchev–Trinajstić information content (AvgIpc) is 2.42. The molecule has 2 nitrogen and oxygen atoms in total. The van der Waals surface area contributed by atoms with E-state index in [9.17, 15) is 0 Å². The smallest absolute Gasteiger partial charge is 0.0471 e. The highest BCUT2D eigenvalue weighted by Gasteiger charge is 2.33. The van der Waals surface area contributed by atoms with Gasteiger partial charge in [0.05, 0.1) is 0 Å². The zero-order valence-electron chi connectivity index (χ0n) is 11.4. The lowest BCUT2D eigenvalue weighted by Gasteiger charge is -2.44. The van der Waals surface area contributed by atoms with Crippen molar-refractivity contribution in [1.29, 1.82) is 0 Å². The third kappa shape index (κ3) is 2.90. The predicted molar refractivity (Wildman–Crippen MR) is 81.3 cm³/mol. The summed E-state index contributed by atoms with van der Waals surface area (Å²) in [5.41, 5.74) is 7.75. The van der Waals surface area contributed by atoms with E-state index in [0.717, 1.165) is 29.2 Å². The molecule has 1 heterocycles. The number of nitrogens with two attached hydrogens (primary N) is 1. The number of likely N-dealkylation sites (tertiary alicyclic amines) is 1. The molecule has 1 saturated heterocycles. The number of halogens is 1. The van der Waals surface area contributed by atoms with Gasteiger partial charge in [-0.05, 0) is 55.8 Å². The van der Waals surface area contributed by atoms with Gasteiger partial charge in [-0.3, -0.25) is 4.90 Å². The number of rotatable bonds is 2. The Labute approximate surface area is 120 Å². The molecule has 19 heavy (non-hydrogen) atoms. The van der Waals surface area contributed by atoms with E-state index >= 15 is 0 Å². The molecule has 1 aromatic carbocycles. The van der Waals surface area contributed by atoms with E-state index in [1.165, 1.54) is 50.6 Å². The topological polar surface area (TPSA) is 29.3 Å². The minimum Gasteiger partial charge on any atom is -0.399 e. The van der Waals surface area contributed by atoms with Crippen molar-refractivity contribution < 1.29 is 0 Å². The number of piperidine rings is 1. The maximum atomic E-state index is 6.32. The lowest BCUT2D eigenvalue weighted by molar-refractivity contribution is 0.0547. The van der Waals surface area contributed by atoms with Gasteiger partial charge in [-0.2, -0.15) is 0 Å². The summed E-state index contributed by atoms with van der Waals surface area (Å²) >= 11 is 6.32. The Morgan fingerprint density at radius 2 is 1.95 bits per heavy atom. The van der Waals surface area contributed by atoms with E-state index in [1.54, 1.807) is 0 Å². The quantitative estimate of drug-likeness (QED) is 0.826. The summed E-state index contributed by atoms with van der Waals surface area (Å²) in [5.74, 6) is 0.926. The van der Waals surface area contributed by atoms with Crippen molar-refractivity contribution in [2.75, 3.05) is 12.3 Å². The number of nitrogen functional groups attached to an aromatic ring is 1. The van der Waals surface area contributed by atoms with Crippen molar-refractivity contribution in [3.63, 3.8) is 0 Å². The highest BCUT2D eigenvalue weighted by Crippen LogP contribution is 2.36. The molecule has 2 atom stereocenters. The molecule has 2 aliphatic rings. The number of benzene rings is 1. The van der Waals surface area contributed by atoms with Gasteiger partial charge < -0.3 is 5.73 Å². The minimum atomic E-state index is 0.753. The van der Waals surface area contributed by atoms with Crippen LogP contribution in [-0.4, -0.2) is 17.5 Å². The number of anilines is 1. The average molecular weight is 279 g/mol. The molecule has 3 rings (SSSR count). The van der Waals surface area contributed by atoms with Crippen LogP contribution in [0.5, 0.6) is 0 Å². The Morgan fingerprint density at radius 1 is 1.16 bits per heavy atom. The molecule has 0 unspecified atom stereocenters. The first-order chi connectivity index (χ1) is 9.24. The summed E-state index contributed by atoms with van der Waals surface area (Å²) in [6, 6.07) is 6.71. The van der Waals surface area contributed by atoms with Crippen LogP contribution in [0.15, 0.2) is 18.2 Å². The van der Waals surface area contributed by atoms with Gasteiger partial charge in [0.2, 0.25) is 0 Å². The Bertz CT molecular complexity index is 444. The highest BCUT2D eigenvalue weighted by atomic mass is 35.5. The fourth-order valence-corrected chi connectivity index (χ4v) is 4.08. The Kier molecular flexibility index (Phi) is 3.99. The fraction of sp³-hybridized carbons (Fsp3) is 0.625. The maximum absolute atomic E-state index is 6.32. The second-order valence-corrected chi connectivity index (χ2v) is 6.48. The van der Waals surface area contributed by atoms with Crippen molar-refractivity contribution in [1.82, 2.24) is 4.90 Å². The lowest BCUT2D eigenvalue weighted by Crippen LogP contribution is -2.46. The van der Waals surface area contributed by atoms with Crippen LogP contribution in [0.2, 0.25) is 5.02 Å². The molecular weight excluding hydrogens is 256 g/mol. The van der Waals surface area contributed by atoms with Crippen LogP contribution in [0, 0.1) is 5.92 Å². The molecule has 0 amide bonds. The molecule has 0 radical (unpaired) electrons. The van der Waals surface area contributed by atoms with E-state index < -0.39 is 0 Å². The SMILES string of the molecule is Nc1ccc(CN2CCC[C@H]3CCCC[C@H]32)c(Cl)c1. The zero-order valence-corrected chi connectivity index (χ0v) is 12.2. The van der Waals surface area contributed by atoms with E-state index in [4.69, 9.17) is 17.3 Å². The monoisotopic (exact) mass is 278 g/mol. The Hall–Kier alpha value is -0.730. The van der Waals surface area contributed by atoms with Gasteiger partial charge in [0, 0.05) is 23.3 Å². The molecule has 1 aromatic rings. The normalized spacial score (nSPS) is 28.1. The summed E-state index contributed by atoms with van der Waals surface area (Å²) < 4.78 is 0. The van der Waals surface area contributed by atoms with E-state index in [2.05, 4.69) is 11.0 Å². The standard InChI is InChI=1S/C16H23ClN2/c17-15-10-14(18)8-7-13(15)11-19-9-3-5-12-4-1-2-6-16(12)19/h7-8,10,12,16H,1-6,9,11,18H2/t12-,16-/m1/s1. The van der Waals surface area contributed by atoms with Crippen molar-refractivity contribution >= 4 is 17.3 Å². The second kappa shape index (κ2) is 5.72. The number of hydrogen-bond donors (Lipinski definition) is 1. The first kappa shape index (κ1) is 13.3. The lowest BCUT2D eigenvalue weighted by atomic mass is 9.78. The largest absolute Gasteiger partial charge is 0.399 e. The van der Waals surface area contributed by atoms with E-state index in [-0.39, 0.29) is 0 Å². The van der Waals surface area contributed by atoms with Gasteiger partial charge in [0.1, 0.15) is 0 Å². The molecule has 1 aliphatic carbocycles. The summed E-state index contributed by atoms with van der Waals surface area (Å²) in [6.07, 6.45) is 8.39. The van der Waals surface area contributed by atoms with Gasteiger partial charge in [-0.25, -0.2) is 0 Å². The Balaban J connectivity index is 1.74. The highest BCUT2D eigenvalue weighted by molar-refractivity contribution is 6.31. The summed E-state index contributed by atoms with van der Waals surface area (Å²) in [7, 11) is 0. The molecule has 0 aromatic heterocycles. The second-order valence-electron chi connectivity index (χ2n) is 6.08. The van der Waals surface area contributed by atoms with Crippen molar-refractivity contribution in [2.24, 2.45) is 5.92 Å². The van der Waals surface area contributed by atoms with Gasteiger partial charge in [-0.1, -0.05) is 30.5 Å². The first-order valence-corrected chi connectivity index (χ1v) is 7.90. The van der Waals surface area contributed by atoms with Crippen LogP contribution < -0.4 is 5.73 Å². The van der Waals surface area contributed by atoms with Crippen molar-refractivity contribution in [3.05, 3.63) is 28.8 Å². The molecule has 2 fully saturated rings. The summed E-state index contributed by atoms with van der Waals surface area (Å²) in [4.78, 5) is 2.66. The first-order valence-electron chi connectivity index (χ1n) is 7.52. The molecule has 0 bridgehead atoms. The van der Waals surface area contributed by atoms with Crippen LogP contribution in [0.3, 0.4) is 0 Å². The van der Waals surface area contributed by atoms with Crippen LogP contribution in [0.4, 0.5) is 5.69 Å². The third-order valence-corrected chi connectivity index (χ3v) is 5.16. The van der Waals surface area contributed by atoms with Gasteiger partial charge in [0.25, 0.3) is 0 Å². The van der Waals surface area contributed by atoms with Gasteiger partial charge in [-0.15, -0.1) is 0 Å². The number of hydrogen-bond acceptors (Lipinski definition) is 2. The van der Waals surface area contributed by atoms with Crippen LogP contribution in [-0.2, 0) is 6.54 Å². The van der Waals surface area contributed by atoms with Gasteiger partial charge >= 0.3 is 0 Å². The summed E-state index contributed by atoms with van der Waals surface area (Å²) in [5, 5.41) is 0.818. The van der Waals surface area contributed by atoms with Crippen LogP contribution in [0.1, 0.15) is 44.1 Å². The third-order valence-electron chi connectivity index (χ3n) is 4.81. The zero-order chi connectivity index (χ0) is 13.2.